The Morgan fingerprint density at radius 2 is 2.07 bits per heavy atom. The molecule has 1 N–H and O–H groups in total. The molecule has 1 aromatic rings. The molecule has 0 aliphatic heterocycles. The van der Waals surface area contributed by atoms with Gasteiger partial charge in [-0.25, -0.2) is 0 Å². The third-order valence-electron chi connectivity index (χ3n) is 2.65. The summed E-state index contributed by atoms with van der Waals surface area (Å²) >= 11 is 3.64. The molecule has 1 atom stereocenters. The summed E-state index contributed by atoms with van der Waals surface area (Å²) in [7, 11) is 0. The first-order chi connectivity index (χ1) is 7.24. The van der Waals surface area contributed by atoms with Gasteiger partial charge in [-0.3, -0.25) is 0 Å². The van der Waals surface area contributed by atoms with E-state index in [1.165, 1.54) is 24.0 Å². The second-order valence-corrected chi connectivity index (χ2v) is 5.19. The number of alkyl halides is 1. The Hall–Kier alpha value is -0.340. The second kappa shape index (κ2) is 7.02. The minimum atomic E-state index is 0.655. The standard InChI is InChI=1S/C13H20BrN/c1-3-13(14)8-9-15-10-12-7-5-4-6-11(12)2/h4-7,13,15H,3,8-10H2,1-2H3. The van der Waals surface area contributed by atoms with E-state index in [0.717, 1.165) is 13.1 Å². The lowest BCUT2D eigenvalue weighted by Gasteiger charge is -2.09. The minimum absolute atomic E-state index is 0.655. The van der Waals surface area contributed by atoms with Gasteiger partial charge in [0.25, 0.3) is 0 Å². The molecular formula is C13H20BrN. The summed E-state index contributed by atoms with van der Waals surface area (Å²) in [6, 6.07) is 8.54. The van der Waals surface area contributed by atoms with Crippen LogP contribution in [0.15, 0.2) is 24.3 Å². The fourth-order valence-electron chi connectivity index (χ4n) is 1.49. The summed E-state index contributed by atoms with van der Waals surface area (Å²) in [5.41, 5.74) is 2.77. The lowest BCUT2D eigenvalue weighted by atomic mass is 10.1. The Morgan fingerprint density at radius 3 is 2.73 bits per heavy atom. The largest absolute Gasteiger partial charge is 0.313 e. The Bertz CT molecular complexity index is 286. The van der Waals surface area contributed by atoms with Gasteiger partial charge in [-0.05, 0) is 37.4 Å². The van der Waals surface area contributed by atoms with Crippen LogP contribution in [0.4, 0.5) is 0 Å². The molecule has 0 fully saturated rings. The average molecular weight is 270 g/mol. The monoisotopic (exact) mass is 269 g/mol. The van der Waals surface area contributed by atoms with Crippen molar-refractivity contribution in [3.8, 4) is 0 Å². The lowest BCUT2D eigenvalue weighted by Crippen LogP contribution is -2.18. The van der Waals surface area contributed by atoms with Crippen LogP contribution in [-0.4, -0.2) is 11.4 Å². The van der Waals surface area contributed by atoms with Crippen molar-refractivity contribution in [2.75, 3.05) is 6.54 Å². The van der Waals surface area contributed by atoms with E-state index in [-0.39, 0.29) is 0 Å². The van der Waals surface area contributed by atoms with E-state index in [9.17, 15) is 0 Å². The molecule has 1 rings (SSSR count). The highest BCUT2D eigenvalue weighted by Gasteiger charge is 2.00. The first-order valence-corrected chi connectivity index (χ1v) is 6.55. The van der Waals surface area contributed by atoms with E-state index in [2.05, 4.69) is 59.4 Å². The quantitative estimate of drug-likeness (QED) is 0.614. The highest BCUT2D eigenvalue weighted by Crippen LogP contribution is 2.09. The zero-order chi connectivity index (χ0) is 11.1. The van der Waals surface area contributed by atoms with Gasteiger partial charge in [0.1, 0.15) is 0 Å². The highest BCUT2D eigenvalue weighted by molar-refractivity contribution is 9.09. The van der Waals surface area contributed by atoms with Gasteiger partial charge in [0.2, 0.25) is 0 Å². The van der Waals surface area contributed by atoms with E-state index in [4.69, 9.17) is 0 Å². The van der Waals surface area contributed by atoms with Gasteiger partial charge >= 0.3 is 0 Å². The van der Waals surface area contributed by atoms with Crippen molar-refractivity contribution in [1.82, 2.24) is 5.32 Å². The van der Waals surface area contributed by atoms with Crippen LogP contribution < -0.4 is 5.32 Å². The fourth-order valence-corrected chi connectivity index (χ4v) is 1.72. The molecule has 0 heterocycles. The number of rotatable bonds is 6. The first-order valence-electron chi connectivity index (χ1n) is 5.63. The van der Waals surface area contributed by atoms with Crippen molar-refractivity contribution >= 4 is 15.9 Å². The summed E-state index contributed by atoms with van der Waals surface area (Å²) < 4.78 is 0. The van der Waals surface area contributed by atoms with Crippen LogP contribution in [0.5, 0.6) is 0 Å². The fraction of sp³-hybridized carbons (Fsp3) is 0.538. The van der Waals surface area contributed by atoms with Crippen molar-refractivity contribution in [1.29, 1.82) is 0 Å². The molecule has 15 heavy (non-hydrogen) atoms. The van der Waals surface area contributed by atoms with Crippen LogP contribution >= 0.6 is 15.9 Å². The molecule has 0 radical (unpaired) electrons. The molecule has 0 aromatic heterocycles. The van der Waals surface area contributed by atoms with E-state index >= 15 is 0 Å². The lowest BCUT2D eigenvalue weighted by molar-refractivity contribution is 0.629. The van der Waals surface area contributed by atoms with Crippen LogP contribution in [0.25, 0.3) is 0 Å². The van der Waals surface area contributed by atoms with Crippen LogP contribution in [0.2, 0.25) is 0 Å². The maximum atomic E-state index is 3.64. The average Bonchev–Trinajstić information content (AvgIpc) is 2.26. The zero-order valence-corrected chi connectivity index (χ0v) is 11.2. The van der Waals surface area contributed by atoms with Gasteiger partial charge in [-0.2, -0.15) is 0 Å². The molecular weight excluding hydrogens is 250 g/mol. The number of nitrogens with one attached hydrogen (secondary N) is 1. The molecule has 0 saturated carbocycles. The SMILES string of the molecule is CCC(Br)CCNCc1ccccc1C. The molecule has 0 amide bonds. The third-order valence-corrected chi connectivity index (χ3v) is 3.76. The maximum Gasteiger partial charge on any atom is 0.0208 e. The highest BCUT2D eigenvalue weighted by atomic mass is 79.9. The molecule has 1 unspecified atom stereocenters. The zero-order valence-electron chi connectivity index (χ0n) is 9.59. The van der Waals surface area contributed by atoms with Crippen LogP contribution in [0, 0.1) is 6.92 Å². The van der Waals surface area contributed by atoms with Gasteiger partial charge in [-0.15, -0.1) is 0 Å². The molecule has 84 valence electrons. The summed E-state index contributed by atoms with van der Waals surface area (Å²) in [6.07, 6.45) is 2.40. The molecule has 0 aliphatic carbocycles. The predicted molar refractivity (Wildman–Crippen MR) is 70.5 cm³/mol. The number of aryl methyl sites for hydroxylation is 1. The molecule has 1 nitrogen and oxygen atoms in total. The van der Waals surface area contributed by atoms with E-state index < -0.39 is 0 Å². The number of benzene rings is 1. The van der Waals surface area contributed by atoms with E-state index in [1.807, 2.05) is 0 Å². The number of halogens is 1. The Balaban J connectivity index is 2.23. The third kappa shape index (κ3) is 4.80. The smallest absolute Gasteiger partial charge is 0.0208 e. The summed E-state index contributed by atoms with van der Waals surface area (Å²) in [5.74, 6) is 0. The van der Waals surface area contributed by atoms with Gasteiger partial charge in [0, 0.05) is 11.4 Å². The predicted octanol–water partition coefficient (Wildman–Crippen LogP) is 3.65. The van der Waals surface area contributed by atoms with Crippen LogP contribution in [-0.2, 0) is 6.54 Å². The van der Waals surface area contributed by atoms with E-state index in [1.54, 1.807) is 0 Å². The van der Waals surface area contributed by atoms with Crippen LogP contribution in [0.1, 0.15) is 30.9 Å². The Labute approximate surface area is 101 Å². The molecule has 0 spiro atoms. The Morgan fingerprint density at radius 1 is 1.33 bits per heavy atom. The maximum absolute atomic E-state index is 3.64. The first kappa shape index (κ1) is 12.7. The van der Waals surface area contributed by atoms with Crippen LogP contribution in [0.3, 0.4) is 0 Å². The van der Waals surface area contributed by atoms with Gasteiger partial charge in [0.15, 0.2) is 0 Å². The van der Waals surface area contributed by atoms with Gasteiger partial charge in [0.05, 0.1) is 0 Å². The minimum Gasteiger partial charge on any atom is -0.313 e. The molecule has 0 bridgehead atoms. The van der Waals surface area contributed by atoms with E-state index in [0.29, 0.717) is 4.83 Å². The molecule has 0 aliphatic rings. The van der Waals surface area contributed by atoms with Crippen molar-refractivity contribution < 1.29 is 0 Å². The van der Waals surface area contributed by atoms with Crippen molar-refractivity contribution in [3.63, 3.8) is 0 Å². The molecule has 0 saturated heterocycles. The summed E-state index contributed by atoms with van der Waals surface area (Å²) in [5, 5.41) is 3.48. The Kier molecular flexibility index (Phi) is 5.96. The van der Waals surface area contributed by atoms with Gasteiger partial charge in [-0.1, -0.05) is 47.1 Å². The van der Waals surface area contributed by atoms with Gasteiger partial charge < -0.3 is 5.32 Å². The number of hydrogen-bond acceptors (Lipinski definition) is 1. The van der Waals surface area contributed by atoms with Crippen molar-refractivity contribution in [3.05, 3.63) is 35.4 Å². The topological polar surface area (TPSA) is 12.0 Å². The van der Waals surface area contributed by atoms with Crippen molar-refractivity contribution in [2.24, 2.45) is 0 Å². The second-order valence-electron chi connectivity index (χ2n) is 3.90. The molecule has 1 aromatic carbocycles. The normalized spacial score (nSPS) is 12.7. The molecule has 2 heteroatoms. The van der Waals surface area contributed by atoms with Crippen molar-refractivity contribution in [2.45, 2.75) is 38.1 Å². The summed E-state index contributed by atoms with van der Waals surface area (Å²) in [6.45, 7) is 6.44. The summed E-state index contributed by atoms with van der Waals surface area (Å²) in [4.78, 5) is 0.655. The number of hydrogen-bond donors (Lipinski definition) is 1.